The lowest BCUT2D eigenvalue weighted by atomic mass is 10.0. The molecule has 9 heteroatoms. The van der Waals surface area contributed by atoms with Crippen molar-refractivity contribution in [1.29, 1.82) is 5.26 Å². The van der Waals surface area contributed by atoms with Crippen LogP contribution in [0.5, 0.6) is 0 Å². The average molecular weight is 495 g/mol. The zero-order valence-corrected chi connectivity index (χ0v) is 21.4. The minimum atomic E-state index is -0.316. The lowest BCUT2D eigenvalue weighted by Crippen LogP contribution is -3.12. The van der Waals surface area contributed by atoms with Gasteiger partial charge < -0.3 is 9.80 Å². The molecule has 2 aromatic rings. The molecule has 7 nitrogen and oxygen atoms in total. The number of piperazine rings is 1. The molecule has 2 fully saturated rings. The van der Waals surface area contributed by atoms with E-state index in [9.17, 15) is 14.9 Å². The van der Waals surface area contributed by atoms with E-state index in [-0.39, 0.29) is 23.1 Å². The van der Waals surface area contributed by atoms with E-state index in [1.165, 1.54) is 16.7 Å². The number of likely N-dealkylation sites (N-methyl/N-ethyl adjacent to an activating group) is 1. The van der Waals surface area contributed by atoms with Crippen molar-refractivity contribution in [3.63, 3.8) is 0 Å². The summed E-state index contributed by atoms with van der Waals surface area (Å²) in [6.07, 6.45) is 1.81. The Balaban J connectivity index is 1.80. The van der Waals surface area contributed by atoms with Crippen LogP contribution in [0.25, 0.3) is 6.08 Å². The summed E-state index contributed by atoms with van der Waals surface area (Å²) in [6, 6.07) is 11.7. The van der Waals surface area contributed by atoms with Crippen molar-refractivity contribution in [2.24, 2.45) is 7.05 Å². The predicted molar refractivity (Wildman–Crippen MR) is 140 cm³/mol. The van der Waals surface area contributed by atoms with Crippen molar-refractivity contribution in [3.8, 4) is 6.07 Å². The van der Waals surface area contributed by atoms with Gasteiger partial charge >= 0.3 is 0 Å². The number of rotatable bonds is 4. The van der Waals surface area contributed by atoms with Gasteiger partial charge in [0.15, 0.2) is 0 Å². The van der Waals surface area contributed by atoms with Crippen LogP contribution in [0.2, 0.25) is 0 Å². The predicted octanol–water partition coefficient (Wildman–Crippen LogP) is 1.86. The molecule has 1 N–H and O–H groups in total. The fourth-order valence-corrected chi connectivity index (χ4v) is 5.92. The highest BCUT2D eigenvalue weighted by Gasteiger charge is 2.36. The molecule has 0 aliphatic carbocycles. The van der Waals surface area contributed by atoms with Crippen molar-refractivity contribution in [2.75, 3.05) is 38.1 Å². The average Bonchev–Trinajstić information content (AvgIpc) is 3.11. The minimum absolute atomic E-state index is 0.102. The number of nitrogens with zero attached hydrogens (tertiary/aromatic N) is 4. The Morgan fingerprint density at radius 3 is 2.47 bits per heavy atom. The molecule has 2 saturated heterocycles. The summed E-state index contributed by atoms with van der Waals surface area (Å²) in [4.78, 5) is 32.2. The van der Waals surface area contributed by atoms with Gasteiger partial charge in [0.2, 0.25) is 0 Å². The Morgan fingerprint density at radius 2 is 1.85 bits per heavy atom. The fraction of sp³-hybridized carbons (Fsp3) is 0.360. The van der Waals surface area contributed by atoms with Gasteiger partial charge in [0.05, 0.1) is 44.2 Å². The van der Waals surface area contributed by atoms with Crippen molar-refractivity contribution < 1.29 is 9.69 Å². The van der Waals surface area contributed by atoms with Gasteiger partial charge in [-0.1, -0.05) is 54.3 Å². The van der Waals surface area contributed by atoms with Crippen LogP contribution in [0, 0.1) is 18.3 Å². The number of amides is 1. The van der Waals surface area contributed by atoms with E-state index in [1.807, 2.05) is 43.3 Å². The molecule has 0 unspecified atom stereocenters. The number of benzene rings is 1. The second-order valence-corrected chi connectivity index (χ2v) is 10.5. The van der Waals surface area contributed by atoms with Gasteiger partial charge in [0, 0.05) is 12.6 Å². The van der Waals surface area contributed by atoms with Crippen LogP contribution in [0.4, 0.5) is 5.82 Å². The quantitative estimate of drug-likeness (QED) is 0.517. The molecule has 1 amide bonds. The molecule has 0 spiro atoms. The number of anilines is 1. The number of pyridine rings is 1. The molecule has 0 saturated carbocycles. The summed E-state index contributed by atoms with van der Waals surface area (Å²) in [5, 5.41) is 9.68. The van der Waals surface area contributed by atoms with Crippen LogP contribution in [-0.4, -0.2) is 52.9 Å². The Morgan fingerprint density at radius 1 is 1.21 bits per heavy atom. The van der Waals surface area contributed by atoms with E-state index in [0.717, 1.165) is 43.1 Å². The molecule has 1 aromatic carbocycles. The van der Waals surface area contributed by atoms with Gasteiger partial charge in [-0.25, -0.2) is 0 Å². The van der Waals surface area contributed by atoms with Crippen LogP contribution in [-0.2, 0) is 11.8 Å². The molecule has 2 aliphatic rings. The lowest BCUT2D eigenvalue weighted by molar-refractivity contribution is -0.880. The summed E-state index contributed by atoms with van der Waals surface area (Å²) in [7, 11) is 3.85. The van der Waals surface area contributed by atoms with Crippen LogP contribution < -0.4 is 15.4 Å². The molecule has 176 valence electrons. The largest absolute Gasteiger partial charge is 0.346 e. The summed E-state index contributed by atoms with van der Waals surface area (Å²) >= 11 is 6.86. The van der Waals surface area contributed by atoms with E-state index in [1.54, 1.807) is 23.4 Å². The summed E-state index contributed by atoms with van der Waals surface area (Å²) in [6.45, 7) is 7.22. The van der Waals surface area contributed by atoms with E-state index in [0.29, 0.717) is 14.8 Å². The smallest absolute Gasteiger partial charge is 0.270 e. The first-order valence-electron chi connectivity index (χ1n) is 11.3. The van der Waals surface area contributed by atoms with Gasteiger partial charge in [-0.2, -0.15) is 5.26 Å². The molecule has 0 radical (unpaired) electrons. The van der Waals surface area contributed by atoms with Gasteiger partial charge in [-0.3, -0.25) is 19.1 Å². The number of quaternary nitrogens is 1. The maximum Gasteiger partial charge on any atom is 0.270 e. The molecule has 1 atom stereocenters. The van der Waals surface area contributed by atoms with Crippen molar-refractivity contribution >= 4 is 46.1 Å². The van der Waals surface area contributed by atoms with Crippen molar-refractivity contribution in [2.45, 2.75) is 19.9 Å². The van der Waals surface area contributed by atoms with Gasteiger partial charge in [-0.05, 0) is 31.1 Å². The number of nitriles is 1. The zero-order chi connectivity index (χ0) is 24.6. The van der Waals surface area contributed by atoms with Crippen LogP contribution in [0.1, 0.15) is 35.2 Å². The number of hydrogen-bond donors (Lipinski definition) is 1. The van der Waals surface area contributed by atoms with Gasteiger partial charge in [-0.15, -0.1) is 0 Å². The molecule has 4 rings (SSSR count). The summed E-state index contributed by atoms with van der Waals surface area (Å²) in [5.74, 6) is 0.585. The Hall–Kier alpha value is -2.93. The normalized spacial score (nSPS) is 19.1. The Labute approximate surface area is 209 Å². The SMILES string of the molecule is Cc1c(/C=C2\SC(=S)N([C@@H](C)c3ccccc3)C2=O)c(N2CC[NH+](C)CC2)n(C)c(=O)c1C#N. The summed E-state index contributed by atoms with van der Waals surface area (Å²) < 4.78 is 2.05. The van der Waals surface area contributed by atoms with Crippen LogP contribution in [0.15, 0.2) is 40.0 Å². The number of thioether (sulfide) groups is 1. The second kappa shape index (κ2) is 9.74. The van der Waals surface area contributed by atoms with E-state index in [2.05, 4.69) is 18.0 Å². The maximum absolute atomic E-state index is 13.5. The monoisotopic (exact) mass is 494 g/mol. The van der Waals surface area contributed by atoms with Crippen molar-refractivity contribution in [1.82, 2.24) is 9.47 Å². The first kappa shape index (κ1) is 24.2. The molecular formula is C25H28N5O2S2+. The van der Waals surface area contributed by atoms with Gasteiger partial charge in [0.25, 0.3) is 11.5 Å². The minimum Gasteiger partial charge on any atom is -0.346 e. The third-order valence-electron chi connectivity index (χ3n) is 6.65. The molecule has 34 heavy (non-hydrogen) atoms. The second-order valence-electron chi connectivity index (χ2n) is 8.80. The van der Waals surface area contributed by atoms with E-state index >= 15 is 0 Å². The third-order valence-corrected chi connectivity index (χ3v) is 7.98. The first-order chi connectivity index (χ1) is 16.2. The maximum atomic E-state index is 13.5. The van der Waals surface area contributed by atoms with Crippen molar-refractivity contribution in [3.05, 3.63) is 67.8 Å². The van der Waals surface area contributed by atoms with Crippen LogP contribution in [0.3, 0.4) is 0 Å². The number of carbonyl (C=O) groups is 1. The van der Waals surface area contributed by atoms with E-state index in [4.69, 9.17) is 12.2 Å². The number of aromatic nitrogens is 1. The van der Waals surface area contributed by atoms with E-state index < -0.39 is 0 Å². The first-order valence-corrected chi connectivity index (χ1v) is 12.5. The highest BCUT2D eigenvalue weighted by molar-refractivity contribution is 8.26. The molecule has 2 aliphatic heterocycles. The fourth-order valence-electron chi connectivity index (χ4n) is 4.52. The topological polar surface area (TPSA) is 73.8 Å². The van der Waals surface area contributed by atoms with Gasteiger partial charge in [0.1, 0.15) is 21.8 Å². The molecule has 1 aromatic heterocycles. The number of hydrogen-bond acceptors (Lipinski definition) is 6. The lowest BCUT2D eigenvalue weighted by Gasteiger charge is -2.34. The highest BCUT2D eigenvalue weighted by atomic mass is 32.2. The number of nitrogens with one attached hydrogen (secondary N) is 1. The summed E-state index contributed by atoms with van der Waals surface area (Å²) in [5.41, 5.74) is 2.11. The third kappa shape index (κ3) is 4.29. The molecule has 3 heterocycles. The molecule has 0 bridgehead atoms. The standard InChI is InChI=1S/C25H27N5O2S2/c1-16-19(22(28(4)23(31)20(16)15-26)29-12-10-27(3)11-13-29)14-21-24(32)30(25(33)34-21)17(2)18-8-6-5-7-9-18/h5-9,14,17H,10-13H2,1-4H3/p+1/b21-14-/t17-/m0/s1. The number of thiocarbonyl (C=S) groups is 1. The highest BCUT2D eigenvalue weighted by Crippen LogP contribution is 2.39. The Kier molecular flexibility index (Phi) is 6.94. The Bertz CT molecular complexity index is 1270. The zero-order valence-electron chi connectivity index (χ0n) is 19.8. The van der Waals surface area contributed by atoms with Crippen LogP contribution >= 0.6 is 24.0 Å². The number of carbonyl (C=O) groups excluding carboxylic acids is 1. The molecular weight excluding hydrogens is 466 g/mol.